The van der Waals surface area contributed by atoms with Crippen LogP contribution in [0.3, 0.4) is 0 Å². The molecule has 0 atom stereocenters. The van der Waals surface area contributed by atoms with Crippen molar-refractivity contribution in [2.45, 2.75) is 6.42 Å². The van der Waals surface area contributed by atoms with Gasteiger partial charge >= 0.3 is 0 Å². The topological polar surface area (TPSA) is 21.3 Å². The highest BCUT2D eigenvalue weighted by atomic mass is 16.3. The molecular formula is C47H32N2O. The number of fused-ring (bicyclic) bond motifs is 7. The van der Waals surface area contributed by atoms with Crippen LogP contribution in [0.4, 0.5) is 17.1 Å². The third-order valence-corrected chi connectivity index (χ3v) is 9.94. The average molecular weight is 641 g/mol. The van der Waals surface area contributed by atoms with E-state index in [1.165, 1.54) is 38.1 Å². The summed E-state index contributed by atoms with van der Waals surface area (Å²) in [5.74, 6) is 0.921. The molecule has 3 heteroatoms. The molecule has 0 spiro atoms. The van der Waals surface area contributed by atoms with E-state index in [9.17, 15) is 0 Å². The number of furan rings is 1. The van der Waals surface area contributed by atoms with Crippen LogP contribution < -0.4 is 4.90 Å². The summed E-state index contributed by atoms with van der Waals surface area (Å²) in [6.45, 7) is 0. The molecule has 0 unspecified atom stereocenters. The predicted octanol–water partition coefficient (Wildman–Crippen LogP) is 13.2. The van der Waals surface area contributed by atoms with E-state index >= 15 is 0 Å². The first-order chi connectivity index (χ1) is 24.8. The number of hydrogen-bond donors (Lipinski definition) is 0. The van der Waals surface area contributed by atoms with Crippen LogP contribution in [0.5, 0.6) is 0 Å². The number of nitrogens with zero attached hydrogens (tertiary/aromatic N) is 2. The number of allylic oxidation sites excluding steroid dienone is 2. The quantitative estimate of drug-likeness (QED) is 0.187. The van der Waals surface area contributed by atoms with E-state index in [4.69, 9.17) is 4.42 Å². The molecule has 0 saturated carbocycles. The van der Waals surface area contributed by atoms with Gasteiger partial charge < -0.3 is 13.9 Å². The van der Waals surface area contributed by atoms with Crippen molar-refractivity contribution in [3.8, 4) is 16.8 Å². The summed E-state index contributed by atoms with van der Waals surface area (Å²) in [6, 6.07) is 56.8. The molecule has 0 saturated heterocycles. The van der Waals surface area contributed by atoms with Crippen LogP contribution in [0.15, 0.2) is 174 Å². The van der Waals surface area contributed by atoms with Gasteiger partial charge in [-0.25, -0.2) is 0 Å². The second-order valence-electron chi connectivity index (χ2n) is 12.9. The molecule has 236 valence electrons. The van der Waals surface area contributed by atoms with Crippen LogP contribution >= 0.6 is 0 Å². The van der Waals surface area contributed by atoms with E-state index < -0.39 is 0 Å². The zero-order valence-electron chi connectivity index (χ0n) is 27.3. The van der Waals surface area contributed by atoms with Crippen molar-refractivity contribution in [3.63, 3.8) is 0 Å². The molecule has 0 fully saturated rings. The van der Waals surface area contributed by atoms with Crippen molar-refractivity contribution < 1.29 is 4.42 Å². The minimum atomic E-state index is 0.909. The fraction of sp³-hybridized carbons (Fsp3) is 0.0213. The maximum Gasteiger partial charge on any atom is 0.136 e. The molecule has 50 heavy (non-hydrogen) atoms. The molecule has 10 rings (SSSR count). The van der Waals surface area contributed by atoms with Crippen LogP contribution in [0, 0.1) is 0 Å². The van der Waals surface area contributed by atoms with Gasteiger partial charge in [0.25, 0.3) is 0 Å². The molecule has 1 aliphatic carbocycles. The molecule has 2 heterocycles. The van der Waals surface area contributed by atoms with Crippen molar-refractivity contribution in [2.24, 2.45) is 0 Å². The number of para-hydroxylation sites is 2. The summed E-state index contributed by atoms with van der Waals surface area (Å²) in [7, 11) is 0. The van der Waals surface area contributed by atoms with Gasteiger partial charge in [0, 0.05) is 44.5 Å². The smallest absolute Gasteiger partial charge is 0.136 e. The number of anilines is 3. The Morgan fingerprint density at radius 3 is 2.12 bits per heavy atom. The van der Waals surface area contributed by atoms with E-state index in [1.807, 2.05) is 0 Å². The fourth-order valence-corrected chi connectivity index (χ4v) is 7.68. The number of rotatable bonds is 5. The van der Waals surface area contributed by atoms with E-state index in [0.29, 0.717) is 0 Å². The highest BCUT2D eigenvalue weighted by Crippen LogP contribution is 2.41. The van der Waals surface area contributed by atoms with Gasteiger partial charge in [0.05, 0.1) is 11.0 Å². The average Bonchev–Trinajstić information content (AvgIpc) is 3.59. The molecule has 0 radical (unpaired) electrons. The van der Waals surface area contributed by atoms with Gasteiger partial charge in [0.2, 0.25) is 0 Å². The highest BCUT2D eigenvalue weighted by Gasteiger charge is 2.19. The van der Waals surface area contributed by atoms with E-state index in [2.05, 4.69) is 191 Å². The van der Waals surface area contributed by atoms with Gasteiger partial charge in [-0.2, -0.15) is 0 Å². The minimum Gasteiger partial charge on any atom is -0.456 e. The largest absolute Gasteiger partial charge is 0.456 e. The summed E-state index contributed by atoms with van der Waals surface area (Å²) in [6.07, 6.45) is 9.55. The van der Waals surface area contributed by atoms with Crippen LogP contribution in [-0.4, -0.2) is 4.57 Å². The summed E-state index contributed by atoms with van der Waals surface area (Å²) in [5.41, 5.74) is 11.2. The Labute approximate surface area is 290 Å². The summed E-state index contributed by atoms with van der Waals surface area (Å²) in [4.78, 5) is 2.34. The lowest BCUT2D eigenvalue weighted by Crippen LogP contribution is -2.10. The zero-order valence-corrected chi connectivity index (χ0v) is 27.3. The number of hydrogen-bond acceptors (Lipinski definition) is 2. The number of benzene rings is 7. The monoisotopic (exact) mass is 640 g/mol. The van der Waals surface area contributed by atoms with Crippen LogP contribution in [0.1, 0.15) is 17.7 Å². The Bertz CT molecular complexity index is 2780. The lowest BCUT2D eigenvalue weighted by molar-refractivity contribution is 0.603. The normalized spacial score (nSPS) is 12.6. The maximum atomic E-state index is 6.28. The summed E-state index contributed by atoms with van der Waals surface area (Å²) >= 11 is 0. The van der Waals surface area contributed by atoms with Crippen LogP contribution in [0.2, 0.25) is 0 Å². The Morgan fingerprint density at radius 1 is 0.520 bits per heavy atom. The second-order valence-corrected chi connectivity index (χ2v) is 12.9. The highest BCUT2D eigenvalue weighted by molar-refractivity contribution is 6.13. The first kappa shape index (κ1) is 28.4. The van der Waals surface area contributed by atoms with Gasteiger partial charge in [0.15, 0.2) is 0 Å². The van der Waals surface area contributed by atoms with Crippen molar-refractivity contribution in [1.29, 1.82) is 0 Å². The Balaban J connectivity index is 1.11. The first-order valence-electron chi connectivity index (χ1n) is 17.2. The molecule has 0 amide bonds. The van der Waals surface area contributed by atoms with Crippen LogP contribution in [-0.2, 0) is 0 Å². The summed E-state index contributed by atoms with van der Waals surface area (Å²) < 4.78 is 8.69. The van der Waals surface area contributed by atoms with Gasteiger partial charge in [-0.3, -0.25) is 0 Å². The Hall–Kier alpha value is -6.58. The third kappa shape index (κ3) is 4.59. The van der Waals surface area contributed by atoms with Crippen molar-refractivity contribution in [1.82, 2.24) is 4.57 Å². The van der Waals surface area contributed by atoms with E-state index in [1.54, 1.807) is 0 Å². The van der Waals surface area contributed by atoms with Crippen molar-refractivity contribution >= 4 is 72.8 Å². The minimum absolute atomic E-state index is 0.909. The number of aromatic nitrogens is 1. The molecule has 9 aromatic rings. The molecule has 0 bridgehead atoms. The second kappa shape index (κ2) is 11.5. The van der Waals surface area contributed by atoms with Gasteiger partial charge in [-0.1, -0.05) is 109 Å². The SMILES string of the molecule is C1=Cc2oc3cccc(-c4ccc(N(c5ccccc5)c5cccc(-n6c7ccccc7c7cc8ccccc8cc76)c5)cc4)c3c2C=CC1. The fourth-order valence-electron chi connectivity index (χ4n) is 7.68. The first-order valence-corrected chi connectivity index (χ1v) is 17.2. The van der Waals surface area contributed by atoms with Crippen LogP contribution in [0.25, 0.3) is 72.5 Å². The zero-order chi connectivity index (χ0) is 33.0. The molecule has 3 nitrogen and oxygen atoms in total. The van der Waals surface area contributed by atoms with Gasteiger partial charge in [0.1, 0.15) is 11.3 Å². The van der Waals surface area contributed by atoms with Gasteiger partial charge in [-0.15, -0.1) is 0 Å². The molecular weight excluding hydrogens is 609 g/mol. The third-order valence-electron chi connectivity index (χ3n) is 9.94. The van der Waals surface area contributed by atoms with Crippen molar-refractivity contribution in [3.05, 3.63) is 181 Å². The lowest BCUT2D eigenvalue weighted by Gasteiger charge is -2.26. The lowest BCUT2D eigenvalue weighted by atomic mass is 9.98. The summed E-state index contributed by atoms with van der Waals surface area (Å²) in [5, 5.41) is 6.16. The maximum absolute atomic E-state index is 6.28. The molecule has 7 aromatic carbocycles. The van der Waals surface area contributed by atoms with E-state index in [-0.39, 0.29) is 0 Å². The molecule has 2 aromatic heterocycles. The molecule has 1 aliphatic rings. The van der Waals surface area contributed by atoms with Crippen molar-refractivity contribution in [2.75, 3.05) is 4.90 Å². The molecule has 0 N–H and O–H groups in total. The Morgan fingerprint density at radius 2 is 1.24 bits per heavy atom. The molecule has 0 aliphatic heterocycles. The predicted molar refractivity (Wildman–Crippen MR) is 211 cm³/mol. The van der Waals surface area contributed by atoms with Gasteiger partial charge in [-0.05, 0) is 101 Å². The Kier molecular flexibility index (Phi) is 6.56. The standard InChI is InChI=1S/C47H32N2O/c1-3-15-35(16-4-1)48(36-27-25-32(26-28-36)39-21-12-24-46-47(39)41-20-5-2-6-23-45(41)50-46)37-17-11-18-38(31-37)49-43-22-10-9-19-40(43)42-29-33-13-7-8-14-34(33)30-44(42)49/h1,3-31H,2H2. The van der Waals surface area contributed by atoms with E-state index in [0.717, 1.165) is 57.0 Å².